The monoisotopic (exact) mass is 529 g/mol. The van der Waals surface area contributed by atoms with Gasteiger partial charge in [0.15, 0.2) is 5.13 Å². The second kappa shape index (κ2) is 10.2. The van der Waals surface area contributed by atoms with Crippen molar-refractivity contribution in [3.8, 4) is 11.5 Å². The van der Waals surface area contributed by atoms with E-state index >= 15 is 0 Å². The average Bonchev–Trinajstić information content (AvgIpc) is 3.46. The molecule has 3 aromatic carbocycles. The normalized spacial score (nSPS) is 16.7. The van der Waals surface area contributed by atoms with Gasteiger partial charge in [-0.15, -0.1) is 0 Å². The molecule has 1 N–H and O–H groups in total. The zero-order valence-corrected chi connectivity index (χ0v) is 22.3. The zero-order valence-electron chi connectivity index (χ0n) is 21.5. The molecule has 0 radical (unpaired) electrons. The molecular weight excluding hydrogens is 502 g/mol. The molecule has 0 spiro atoms. The molecule has 0 saturated carbocycles. The van der Waals surface area contributed by atoms with E-state index in [0.29, 0.717) is 39.9 Å². The predicted molar refractivity (Wildman–Crippen MR) is 149 cm³/mol. The van der Waals surface area contributed by atoms with Gasteiger partial charge in [0.1, 0.15) is 17.3 Å². The van der Waals surface area contributed by atoms with Crippen molar-refractivity contribution in [1.82, 2.24) is 4.98 Å². The number of carbonyl (C=O) groups is 2. The fourth-order valence-corrected chi connectivity index (χ4v) is 5.47. The van der Waals surface area contributed by atoms with Crippen molar-refractivity contribution in [3.05, 3.63) is 83.4 Å². The summed E-state index contributed by atoms with van der Waals surface area (Å²) in [7, 11) is 5.45. The standard InChI is InChI=1S/C29H27N3O5S/c1-5-37-20-12-8-18(9-13-20)26(33)24-25(17-6-10-19(11-7-17)31(2)3)32(28(35)27(24)34)29-30-22-15-14-21(36-4)16-23(22)38-29/h6-16,25,33H,5H2,1-4H3/b26-24+. The molecule has 1 aliphatic heterocycles. The number of benzene rings is 3. The lowest BCUT2D eigenvalue weighted by molar-refractivity contribution is -0.132. The number of thiazole rings is 1. The van der Waals surface area contributed by atoms with Crippen LogP contribution < -0.4 is 19.3 Å². The first kappa shape index (κ1) is 25.3. The molecule has 1 amide bonds. The molecule has 0 bridgehead atoms. The van der Waals surface area contributed by atoms with E-state index in [9.17, 15) is 14.7 Å². The molecule has 1 unspecified atom stereocenters. The van der Waals surface area contributed by atoms with E-state index in [4.69, 9.17) is 9.47 Å². The molecule has 1 aromatic heterocycles. The van der Waals surface area contributed by atoms with E-state index in [1.807, 2.05) is 62.3 Å². The van der Waals surface area contributed by atoms with Crippen molar-refractivity contribution in [2.45, 2.75) is 13.0 Å². The van der Waals surface area contributed by atoms with Crippen LogP contribution >= 0.6 is 11.3 Å². The number of aliphatic hydroxyl groups excluding tert-OH is 1. The van der Waals surface area contributed by atoms with E-state index in [1.165, 1.54) is 16.2 Å². The number of amides is 1. The van der Waals surface area contributed by atoms with E-state index in [-0.39, 0.29) is 11.3 Å². The lowest BCUT2D eigenvalue weighted by atomic mass is 9.95. The number of aromatic nitrogens is 1. The first-order valence-electron chi connectivity index (χ1n) is 12.1. The van der Waals surface area contributed by atoms with E-state index in [1.54, 1.807) is 37.4 Å². The number of methoxy groups -OCH3 is 1. The molecule has 4 aromatic rings. The maximum atomic E-state index is 13.5. The Morgan fingerprint density at radius 3 is 2.34 bits per heavy atom. The quantitative estimate of drug-likeness (QED) is 0.195. The number of rotatable bonds is 7. The Morgan fingerprint density at radius 1 is 1.03 bits per heavy atom. The van der Waals surface area contributed by atoms with Gasteiger partial charge in [0.25, 0.3) is 5.78 Å². The first-order valence-corrected chi connectivity index (χ1v) is 12.9. The number of hydrogen-bond acceptors (Lipinski definition) is 8. The zero-order chi connectivity index (χ0) is 27.0. The van der Waals surface area contributed by atoms with Gasteiger partial charge in [-0.2, -0.15) is 0 Å². The predicted octanol–water partition coefficient (Wildman–Crippen LogP) is 5.40. The fraction of sp³-hybridized carbons (Fsp3) is 0.207. The molecule has 1 fully saturated rings. The van der Waals surface area contributed by atoms with Gasteiger partial charge in [0, 0.05) is 25.3 Å². The summed E-state index contributed by atoms with van der Waals surface area (Å²) in [5, 5.41) is 11.7. The minimum absolute atomic E-state index is 0.00796. The molecule has 1 atom stereocenters. The third-order valence-electron chi connectivity index (χ3n) is 6.40. The average molecular weight is 530 g/mol. The molecule has 5 rings (SSSR count). The van der Waals surface area contributed by atoms with Gasteiger partial charge in [-0.1, -0.05) is 23.5 Å². The van der Waals surface area contributed by atoms with Crippen LogP contribution in [0.2, 0.25) is 0 Å². The largest absolute Gasteiger partial charge is 0.507 e. The summed E-state index contributed by atoms with van der Waals surface area (Å²) in [5.41, 5.74) is 2.74. The lowest BCUT2D eigenvalue weighted by Crippen LogP contribution is -2.29. The van der Waals surface area contributed by atoms with Gasteiger partial charge in [-0.25, -0.2) is 4.98 Å². The van der Waals surface area contributed by atoms with Crippen molar-refractivity contribution in [1.29, 1.82) is 0 Å². The van der Waals surface area contributed by atoms with Crippen LogP contribution in [0.25, 0.3) is 16.0 Å². The third kappa shape index (κ3) is 4.45. The number of fused-ring (bicyclic) bond motifs is 1. The first-order chi connectivity index (χ1) is 18.3. The topological polar surface area (TPSA) is 92.2 Å². The third-order valence-corrected chi connectivity index (χ3v) is 7.42. The highest BCUT2D eigenvalue weighted by Crippen LogP contribution is 2.45. The van der Waals surface area contributed by atoms with Crippen LogP contribution in [0.5, 0.6) is 11.5 Å². The van der Waals surface area contributed by atoms with Crippen LogP contribution in [-0.2, 0) is 9.59 Å². The molecule has 9 heteroatoms. The number of carbonyl (C=O) groups excluding carboxylic acids is 2. The number of ketones is 1. The van der Waals surface area contributed by atoms with E-state index < -0.39 is 17.7 Å². The van der Waals surface area contributed by atoms with Crippen LogP contribution in [0.3, 0.4) is 0 Å². The maximum absolute atomic E-state index is 13.5. The smallest absolute Gasteiger partial charge is 0.301 e. The molecule has 1 aliphatic rings. The number of Topliss-reactive ketones (excluding diaryl/α,β-unsaturated/α-hetero) is 1. The number of nitrogens with zero attached hydrogens (tertiary/aromatic N) is 3. The molecule has 2 heterocycles. The Morgan fingerprint density at radius 2 is 1.71 bits per heavy atom. The van der Waals surface area contributed by atoms with Crippen molar-refractivity contribution >= 4 is 49.8 Å². The summed E-state index contributed by atoms with van der Waals surface area (Å²) in [6, 6.07) is 18.9. The molecule has 8 nitrogen and oxygen atoms in total. The number of ether oxygens (including phenoxy) is 2. The summed E-state index contributed by atoms with van der Waals surface area (Å²) in [4.78, 5) is 35.0. The minimum atomic E-state index is -0.861. The molecule has 1 saturated heterocycles. The van der Waals surface area contributed by atoms with Gasteiger partial charge < -0.3 is 19.5 Å². The summed E-state index contributed by atoms with van der Waals surface area (Å²) in [6.45, 7) is 2.39. The fourth-order valence-electron chi connectivity index (χ4n) is 4.45. The van der Waals surface area contributed by atoms with Crippen LogP contribution in [-0.4, -0.2) is 49.6 Å². The van der Waals surface area contributed by atoms with Gasteiger partial charge in [0.2, 0.25) is 0 Å². The number of hydrogen-bond donors (Lipinski definition) is 1. The van der Waals surface area contributed by atoms with Crippen molar-refractivity contribution in [3.63, 3.8) is 0 Å². The van der Waals surface area contributed by atoms with Crippen LogP contribution in [0.4, 0.5) is 10.8 Å². The van der Waals surface area contributed by atoms with Crippen LogP contribution in [0.15, 0.2) is 72.3 Å². The van der Waals surface area contributed by atoms with Crippen molar-refractivity contribution in [2.75, 3.05) is 37.6 Å². The molecule has 38 heavy (non-hydrogen) atoms. The molecular formula is C29H27N3O5S. The highest BCUT2D eigenvalue weighted by Gasteiger charge is 2.48. The number of aliphatic hydroxyl groups is 1. The van der Waals surface area contributed by atoms with E-state index in [0.717, 1.165) is 10.4 Å². The Hall–Kier alpha value is -4.37. The Balaban J connectivity index is 1.67. The SMILES string of the molecule is CCOc1ccc(/C(O)=C2\C(=O)C(=O)N(c3nc4ccc(OC)cc4s3)C2c2ccc(N(C)C)cc2)cc1. The lowest BCUT2D eigenvalue weighted by Gasteiger charge is -2.23. The van der Waals surface area contributed by atoms with Gasteiger partial charge in [0.05, 0.1) is 35.5 Å². The summed E-state index contributed by atoms with van der Waals surface area (Å²) in [5.74, 6) is -0.454. The highest BCUT2D eigenvalue weighted by molar-refractivity contribution is 7.22. The Labute approximate surface area is 224 Å². The van der Waals surface area contributed by atoms with Crippen molar-refractivity contribution < 1.29 is 24.2 Å². The van der Waals surface area contributed by atoms with Gasteiger partial charge >= 0.3 is 5.91 Å². The second-order valence-electron chi connectivity index (χ2n) is 8.94. The number of anilines is 2. The maximum Gasteiger partial charge on any atom is 0.301 e. The van der Waals surface area contributed by atoms with Gasteiger partial charge in [-0.05, 0) is 67.1 Å². The van der Waals surface area contributed by atoms with Crippen LogP contribution in [0, 0.1) is 0 Å². The summed E-state index contributed by atoms with van der Waals surface area (Å²) in [6.07, 6.45) is 0. The minimum Gasteiger partial charge on any atom is -0.507 e. The molecule has 194 valence electrons. The summed E-state index contributed by atoms with van der Waals surface area (Å²) < 4.78 is 11.6. The second-order valence-corrected chi connectivity index (χ2v) is 9.95. The summed E-state index contributed by atoms with van der Waals surface area (Å²) >= 11 is 1.29. The van der Waals surface area contributed by atoms with E-state index in [2.05, 4.69) is 4.98 Å². The van der Waals surface area contributed by atoms with Gasteiger partial charge in [-0.3, -0.25) is 14.5 Å². The molecule has 0 aliphatic carbocycles. The van der Waals surface area contributed by atoms with Crippen LogP contribution in [0.1, 0.15) is 24.1 Å². The Bertz CT molecular complexity index is 1540. The van der Waals surface area contributed by atoms with Crippen molar-refractivity contribution in [2.24, 2.45) is 0 Å². The Kier molecular flexibility index (Phi) is 6.77. The highest BCUT2D eigenvalue weighted by atomic mass is 32.1.